The summed E-state index contributed by atoms with van der Waals surface area (Å²) in [6.45, 7) is 0. The monoisotopic (exact) mass is 279 g/mol. The van der Waals surface area contributed by atoms with E-state index in [0.717, 1.165) is 28.8 Å². The maximum absolute atomic E-state index is 11.6. The van der Waals surface area contributed by atoms with Gasteiger partial charge < -0.3 is 5.32 Å². The van der Waals surface area contributed by atoms with E-state index in [-0.39, 0.29) is 11.8 Å². The Morgan fingerprint density at radius 3 is 3.06 bits per heavy atom. The predicted molar refractivity (Wildman–Crippen MR) is 64.2 cm³/mol. The third kappa shape index (κ3) is 1.71. The van der Waals surface area contributed by atoms with Crippen molar-refractivity contribution in [1.82, 2.24) is 9.38 Å². The molecule has 1 aliphatic carbocycles. The number of carbonyl (C=O) groups excluding carboxylic acids is 1. The van der Waals surface area contributed by atoms with Gasteiger partial charge in [-0.25, -0.2) is 4.98 Å². The Hall–Kier alpha value is -1.36. The molecule has 0 bridgehead atoms. The van der Waals surface area contributed by atoms with Crippen LogP contribution in [0.2, 0.25) is 0 Å². The number of halogens is 1. The highest BCUT2D eigenvalue weighted by Gasteiger charge is 2.30. The Morgan fingerprint density at radius 1 is 1.50 bits per heavy atom. The van der Waals surface area contributed by atoms with Crippen LogP contribution in [0.4, 0.5) is 5.82 Å². The van der Waals surface area contributed by atoms with E-state index in [0.29, 0.717) is 0 Å². The highest BCUT2D eigenvalue weighted by atomic mass is 79.9. The molecule has 2 aromatic heterocycles. The largest absolute Gasteiger partial charge is 0.310 e. The first-order valence-electron chi connectivity index (χ1n) is 5.17. The van der Waals surface area contributed by atoms with Crippen molar-refractivity contribution in [3.05, 3.63) is 29.0 Å². The van der Waals surface area contributed by atoms with Crippen molar-refractivity contribution in [3.8, 4) is 0 Å². The number of amides is 1. The first-order valence-corrected chi connectivity index (χ1v) is 5.97. The first-order chi connectivity index (χ1) is 7.74. The summed E-state index contributed by atoms with van der Waals surface area (Å²) in [5.74, 6) is 1.03. The van der Waals surface area contributed by atoms with Crippen LogP contribution >= 0.6 is 15.9 Å². The van der Waals surface area contributed by atoms with E-state index in [2.05, 4.69) is 26.2 Å². The second-order valence-electron chi connectivity index (χ2n) is 3.98. The zero-order chi connectivity index (χ0) is 11.1. The molecule has 0 aromatic carbocycles. The average Bonchev–Trinajstić information content (AvgIpc) is 3.04. The van der Waals surface area contributed by atoms with Gasteiger partial charge in [0.25, 0.3) is 0 Å². The van der Waals surface area contributed by atoms with Crippen molar-refractivity contribution in [2.24, 2.45) is 5.92 Å². The summed E-state index contributed by atoms with van der Waals surface area (Å²) >= 11 is 3.40. The van der Waals surface area contributed by atoms with Crippen molar-refractivity contribution < 1.29 is 4.79 Å². The number of rotatable bonds is 2. The standard InChI is InChI=1S/C11H10BrN3O/c12-8-3-4-9-13-5-10(15(9)6-8)14-11(16)7-1-2-7/h3-7H,1-2H2,(H,14,16). The van der Waals surface area contributed by atoms with Crippen LogP contribution in [0.3, 0.4) is 0 Å². The van der Waals surface area contributed by atoms with Crippen molar-refractivity contribution in [3.63, 3.8) is 0 Å². The van der Waals surface area contributed by atoms with Crippen LogP contribution in [0.5, 0.6) is 0 Å². The molecule has 16 heavy (non-hydrogen) atoms. The van der Waals surface area contributed by atoms with E-state index in [4.69, 9.17) is 0 Å². The average molecular weight is 280 g/mol. The summed E-state index contributed by atoms with van der Waals surface area (Å²) < 4.78 is 2.82. The normalized spacial score (nSPS) is 15.3. The predicted octanol–water partition coefficient (Wildman–Crippen LogP) is 2.45. The summed E-state index contributed by atoms with van der Waals surface area (Å²) in [5, 5.41) is 2.89. The fourth-order valence-electron chi connectivity index (χ4n) is 1.62. The molecular weight excluding hydrogens is 270 g/mol. The molecule has 2 heterocycles. The van der Waals surface area contributed by atoms with Crippen LogP contribution in [0.15, 0.2) is 29.0 Å². The van der Waals surface area contributed by atoms with Gasteiger partial charge in [-0.15, -0.1) is 0 Å². The van der Waals surface area contributed by atoms with Crippen molar-refractivity contribution in [1.29, 1.82) is 0 Å². The van der Waals surface area contributed by atoms with E-state index in [9.17, 15) is 4.79 Å². The molecule has 1 saturated carbocycles. The van der Waals surface area contributed by atoms with Crippen LogP contribution in [0.1, 0.15) is 12.8 Å². The lowest BCUT2D eigenvalue weighted by Crippen LogP contribution is -2.14. The van der Waals surface area contributed by atoms with Gasteiger partial charge >= 0.3 is 0 Å². The number of aromatic nitrogens is 2. The molecule has 0 aliphatic heterocycles. The van der Waals surface area contributed by atoms with E-state index in [1.807, 2.05) is 22.7 Å². The minimum Gasteiger partial charge on any atom is -0.310 e. The lowest BCUT2D eigenvalue weighted by Gasteiger charge is -2.03. The molecule has 3 rings (SSSR count). The molecule has 0 atom stereocenters. The lowest BCUT2D eigenvalue weighted by molar-refractivity contribution is -0.117. The summed E-state index contributed by atoms with van der Waals surface area (Å²) in [5.41, 5.74) is 0.828. The Labute approximate surface area is 101 Å². The molecule has 1 amide bonds. The fourth-order valence-corrected chi connectivity index (χ4v) is 1.96. The topological polar surface area (TPSA) is 46.4 Å². The van der Waals surface area contributed by atoms with Gasteiger partial charge in [0.2, 0.25) is 5.91 Å². The molecule has 0 saturated heterocycles. The minimum absolute atomic E-state index is 0.0989. The van der Waals surface area contributed by atoms with Crippen molar-refractivity contribution in [2.45, 2.75) is 12.8 Å². The Balaban J connectivity index is 1.96. The number of pyridine rings is 1. The third-order valence-corrected chi connectivity index (χ3v) is 3.14. The number of carbonyl (C=O) groups is 1. The van der Waals surface area contributed by atoms with E-state index < -0.39 is 0 Å². The van der Waals surface area contributed by atoms with Crippen LogP contribution in [0, 0.1) is 5.92 Å². The molecule has 82 valence electrons. The Bertz CT molecular complexity index is 559. The van der Waals surface area contributed by atoms with Gasteiger partial charge in [-0.2, -0.15) is 0 Å². The molecular formula is C11H10BrN3O. The number of nitrogens with one attached hydrogen (secondary N) is 1. The summed E-state index contributed by atoms with van der Waals surface area (Å²) in [7, 11) is 0. The smallest absolute Gasteiger partial charge is 0.228 e. The molecule has 1 N–H and O–H groups in total. The number of anilines is 1. The SMILES string of the molecule is O=C(Nc1cnc2ccc(Br)cn12)C1CC1. The highest BCUT2D eigenvalue weighted by Crippen LogP contribution is 2.30. The molecule has 0 unspecified atom stereocenters. The maximum atomic E-state index is 11.6. The summed E-state index contributed by atoms with van der Waals surface area (Å²) in [4.78, 5) is 15.9. The van der Waals surface area contributed by atoms with Gasteiger partial charge in [0.05, 0.1) is 6.20 Å². The van der Waals surface area contributed by atoms with E-state index >= 15 is 0 Å². The van der Waals surface area contributed by atoms with Crippen LogP contribution in [-0.4, -0.2) is 15.3 Å². The summed E-state index contributed by atoms with van der Waals surface area (Å²) in [6, 6.07) is 3.83. The number of hydrogen-bond donors (Lipinski definition) is 1. The molecule has 5 heteroatoms. The molecule has 4 nitrogen and oxygen atoms in total. The molecule has 2 aromatic rings. The maximum Gasteiger partial charge on any atom is 0.228 e. The fraction of sp³-hybridized carbons (Fsp3) is 0.273. The first kappa shape index (κ1) is 9.84. The number of imidazole rings is 1. The number of fused-ring (bicyclic) bond motifs is 1. The van der Waals surface area contributed by atoms with E-state index in [1.54, 1.807) is 6.20 Å². The minimum atomic E-state index is 0.0989. The Kier molecular flexibility index (Phi) is 2.21. The van der Waals surface area contributed by atoms with Gasteiger partial charge in [0, 0.05) is 16.6 Å². The molecule has 1 aliphatic rings. The zero-order valence-electron chi connectivity index (χ0n) is 8.48. The highest BCUT2D eigenvalue weighted by molar-refractivity contribution is 9.10. The van der Waals surface area contributed by atoms with Crippen molar-refractivity contribution in [2.75, 3.05) is 5.32 Å². The number of hydrogen-bond acceptors (Lipinski definition) is 2. The zero-order valence-corrected chi connectivity index (χ0v) is 10.1. The quantitative estimate of drug-likeness (QED) is 0.918. The van der Waals surface area contributed by atoms with Crippen LogP contribution < -0.4 is 5.32 Å². The molecule has 1 fully saturated rings. The Morgan fingerprint density at radius 2 is 2.31 bits per heavy atom. The van der Waals surface area contributed by atoms with Crippen molar-refractivity contribution >= 4 is 33.3 Å². The van der Waals surface area contributed by atoms with Gasteiger partial charge in [-0.1, -0.05) is 0 Å². The second-order valence-corrected chi connectivity index (χ2v) is 4.90. The van der Waals surface area contributed by atoms with Gasteiger partial charge in [0.1, 0.15) is 11.5 Å². The molecule has 0 spiro atoms. The molecule has 0 radical (unpaired) electrons. The van der Waals surface area contributed by atoms with Crippen LogP contribution in [0.25, 0.3) is 5.65 Å². The van der Waals surface area contributed by atoms with E-state index in [1.165, 1.54) is 0 Å². The second kappa shape index (κ2) is 3.59. The van der Waals surface area contributed by atoms with Crippen LogP contribution in [-0.2, 0) is 4.79 Å². The summed E-state index contributed by atoms with van der Waals surface area (Å²) in [6.07, 6.45) is 5.59. The lowest BCUT2D eigenvalue weighted by atomic mass is 10.4. The van der Waals surface area contributed by atoms with Gasteiger partial charge in [-0.3, -0.25) is 9.20 Å². The van der Waals surface area contributed by atoms with Gasteiger partial charge in [-0.05, 0) is 40.9 Å². The third-order valence-electron chi connectivity index (χ3n) is 2.67. The number of nitrogens with zero attached hydrogens (tertiary/aromatic N) is 2. The van der Waals surface area contributed by atoms with Gasteiger partial charge in [0.15, 0.2) is 0 Å².